The van der Waals surface area contributed by atoms with Crippen molar-refractivity contribution in [3.8, 4) is 33.4 Å². The minimum absolute atomic E-state index is 0.145. The predicted molar refractivity (Wildman–Crippen MR) is 265 cm³/mol. The van der Waals surface area contributed by atoms with Crippen molar-refractivity contribution in [3.63, 3.8) is 0 Å². The molecular weight excluding hydrogens is 759 g/mol. The van der Waals surface area contributed by atoms with E-state index in [-0.39, 0.29) is 5.41 Å². The first-order valence-corrected chi connectivity index (χ1v) is 22.3. The molecule has 0 heterocycles. The Morgan fingerprint density at radius 2 is 0.667 bits per heavy atom. The second-order valence-corrected chi connectivity index (χ2v) is 18.4. The Bertz CT molecular complexity index is 3720. The number of anilines is 3. The highest BCUT2D eigenvalue weighted by atomic mass is 15.1. The summed E-state index contributed by atoms with van der Waals surface area (Å²) >= 11 is 0. The summed E-state index contributed by atoms with van der Waals surface area (Å²) in [6.07, 6.45) is 0. The molecule has 294 valence electrons. The Morgan fingerprint density at radius 3 is 1.27 bits per heavy atom. The van der Waals surface area contributed by atoms with Crippen LogP contribution < -0.4 is 4.90 Å². The number of benzene rings is 11. The van der Waals surface area contributed by atoms with Gasteiger partial charge in [0.2, 0.25) is 0 Å². The molecule has 0 bridgehead atoms. The van der Waals surface area contributed by atoms with Crippen LogP contribution in [-0.4, -0.2) is 0 Å². The summed E-state index contributed by atoms with van der Waals surface area (Å²) in [7, 11) is 0. The first-order valence-electron chi connectivity index (χ1n) is 22.3. The predicted octanol–water partition coefficient (Wildman–Crippen LogP) is 16.4. The van der Waals surface area contributed by atoms with E-state index >= 15 is 0 Å². The lowest BCUT2D eigenvalue weighted by Crippen LogP contribution is -2.26. The van der Waals surface area contributed by atoms with E-state index in [1.165, 1.54) is 110 Å². The van der Waals surface area contributed by atoms with Crippen molar-refractivity contribution >= 4 is 60.2 Å². The number of fused-ring (bicyclic) bond motifs is 20. The molecule has 14 rings (SSSR count). The molecule has 0 fully saturated rings. The first-order chi connectivity index (χ1) is 31.0. The zero-order valence-corrected chi connectivity index (χ0v) is 35.2. The van der Waals surface area contributed by atoms with Crippen LogP contribution in [0.4, 0.5) is 17.1 Å². The summed E-state index contributed by atoms with van der Waals surface area (Å²) in [6, 6.07) is 80.5. The SMILES string of the molecule is CC1(C)c2ccccc2-c2ccc(N(c3ccc4c(c3)C3(c5ccccc5-c5ccccc53)c3ccccc3-4)c3ccc4ccc5ccc6ccc7ccccc7c6c5c4c3)cc21. The van der Waals surface area contributed by atoms with Crippen LogP contribution in [-0.2, 0) is 10.8 Å². The molecular formula is C62H41N. The third-order valence-corrected chi connectivity index (χ3v) is 15.0. The Kier molecular flexibility index (Phi) is 6.89. The Hall–Kier alpha value is -7.74. The smallest absolute Gasteiger partial charge is 0.0726 e. The monoisotopic (exact) mass is 799 g/mol. The molecule has 0 amide bonds. The number of nitrogens with zero attached hydrogens (tertiary/aromatic N) is 1. The summed E-state index contributed by atoms with van der Waals surface area (Å²) < 4.78 is 0. The molecule has 3 aliphatic rings. The molecule has 0 saturated carbocycles. The maximum Gasteiger partial charge on any atom is 0.0726 e. The van der Waals surface area contributed by atoms with E-state index in [0.29, 0.717) is 0 Å². The van der Waals surface area contributed by atoms with Gasteiger partial charge in [-0.3, -0.25) is 0 Å². The summed E-state index contributed by atoms with van der Waals surface area (Å²) in [4.78, 5) is 2.53. The minimum atomic E-state index is -0.443. The van der Waals surface area contributed by atoms with Crippen molar-refractivity contribution < 1.29 is 0 Å². The van der Waals surface area contributed by atoms with Gasteiger partial charge in [0.05, 0.1) is 5.41 Å². The summed E-state index contributed by atoms with van der Waals surface area (Å²) in [5, 5.41) is 10.2. The number of hydrogen-bond donors (Lipinski definition) is 0. The molecule has 0 saturated heterocycles. The third kappa shape index (κ3) is 4.51. The highest BCUT2D eigenvalue weighted by Crippen LogP contribution is 2.63. The van der Waals surface area contributed by atoms with Crippen LogP contribution in [0.2, 0.25) is 0 Å². The van der Waals surface area contributed by atoms with Gasteiger partial charge in [0.25, 0.3) is 0 Å². The highest BCUT2D eigenvalue weighted by molar-refractivity contribution is 6.27. The van der Waals surface area contributed by atoms with Crippen molar-refractivity contribution in [2.75, 3.05) is 4.90 Å². The van der Waals surface area contributed by atoms with Gasteiger partial charge in [0.15, 0.2) is 0 Å². The summed E-state index contributed by atoms with van der Waals surface area (Å²) in [5.41, 5.74) is 18.9. The molecule has 11 aromatic rings. The lowest BCUT2D eigenvalue weighted by Gasteiger charge is -2.32. The van der Waals surface area contributed by atoms with E-state index in [1.54, 1.807) is 0 Å². The minimum Gasteiger partial charge on any atom is -0.310 e. The molecule has 11 aromatic carbocycles. The van der Waals surface area contributed by atoms with E-state index < -0.39 is 5.41 Å². The molecule has 1 heteroatoms. The van der Waals surface area contributed by atoms with Gasteiger partial charge in [0, 0.05) is 22.5 Å². The lowest BCUT2D eigenvalue weighted by molar-refractivity contribution is 0.660. The van der Waals surface area contributed by atoms with Gasteiger partial charge in [-0.15, -0.1) is 0 Å². The molecule has 63 heavy (non-hydrogen) atoms. The fourth-order valence-electron chi connectivity index (χ4n) is 12.3. The third-order valence-electron chi connectivity index (χ3n) is 15.0. The summed E-state index contributed by atoms with van der Waals surface area (Å²) in [6.45, 7) is 4.77. The molecule has 1 nitrogen and oxygen atoms in total. The normalized spacial score (nSPS) is 14.4. The van der Waals surface area contributed by atoms with Crippen LogP contribution in [0.3, 0.4) is 0 Å². The molecule has 3 aliphatic carbocycles. The van der Waals surface area contributed by atoms with Crippen LogP contribution in [0.5, 0.6) is 0 Å². The Balaban J connectivity index is 1.06. The second-order valence-electron chi connectivity index (χ2n) is 18.4. The van der Waals surface area contributed by atoms with Crippen LogP contribution in [0.25, 0.3) is 76.5 Å². The topological polar surface area (TPSA) is 3.24 Å². The molecule has 0 atom stereocenters. The van der Waals surface area contributed by atoms with Crippen molar-refractivity contribution in [2.24, 2.45) is 0 Å². The zero-order chi connectivity index (χ0) is 41.6. The molecule has 0 radical (unpaired) electrons. The van der Waals surface area contributed by atoms with E-state index in [1.807, 2.05) is 0 Å². The largest absolute Gasteiger partial charge is 0.310 e. The van der Waals surface area contributed by atoms with E-state index in [4.69, 9.17) is 0 Å². The molecule has 0 aliphatic heterocycles. The van der Waals surface area contributed by atoms with Gasteiger partial charge in [-0.25, -0.2) is 0 Å². The van der Waals surface area contributed by atoms with E-state index in [0.717, 1.165) is 17.1 Å². The second kappa shape index (κ2) is 12.4. The van der Waals surface area contributed by atoms with Crippen molar-refractivity contribution in [1.29, 1.82) is 0 Å². The fourth-order valence-corrected chi connectivity index (χ4v) is 12.3. The molecule has 0 unspecified atom stereocenters. The number of rotatable bonds is 3. The van der Waals surface area contributed by atoms with Gasteiger partial charge in [-0.1, -0.05) is 190 Å². The van der Waals surface area contributed by atoms with Crippen LogP contribution in [0.1, 0.15) is 47.2 Å². The van der Waals surface area contributed by atoms with Gasteiger partial charge >= 0.3 is 0 Å². The van der Waals surface area contributed by atoms with Gasteiger partial charge in [-0.05, 0) is 146 Å². The molecule has 0 N–H and O–H groups in total. The van der Waals surface area contributed by atoms with E-state index in [2.05, 4.69) is 231 Å². The standard InChI is InChI=1S/C62H41N/c1-61(2)53-19-9-5-15-46(53)50-33-31-43(36-57(50)61)63(42-30-29-39-24-26-41-28-27-40-25-23-38-13-3-4-14-45(38)59(40)60(41)52(39)35-42)44-32-34-51-49-18-8-12-22-56(49)62(58(51)37-44)54-20-10-6-16-47(54)48-17-7-11-21-55(48)62/h3-37H,1-2H3. The molecule has 1 spiro atoms. The Labute approximate surface area is 367 Å². The first kappa shape index (κ1) is 34.9. The van der Waals surface area contributed by atoms with Crippen LogP contribution in [0, 0.1) is 0 Å². The maximum atomic E-state index is 2.53. The highest BCUT2D eigenvalue weighted by Gasteiger charge is 2.51. The number of hydrogen-bond acceptors (Lipinski definition) is 1. The summed E-state index contributed by atoms with van der Waals surface area (Å²) in [5.74, 6) is 0. The van der Waals surface area contributed by atoms with Crippen molar-refractivity contribution in [2.45, 2.75) is 24.7 Å². The zero-order valence-electron chi connectivity index (χ0n) is 35.2. The quantitative estimate of drug-likeness (QED) is 0.161. The Morgan fingerprint density at radius 1 is 0.286 bits per heavy atom. The van der Waals surface area contributed by atoms with Crippen LogP contribution >= 0.6 is 0 Å². The van der Waals surface area contributed by atoms with Gasteiger partial charge in [-0.2, -0.15) is 0 Å². The average molecular weight is 800 g/mol. The lowest BCUT2D eigenvalue weighted by atomic mass is 9.70. The van der Waals surface area contributed by atoms with Crippen LogP contribution in [0.15, 0.2) is 212 Å². The fraction of sp³-hybridized carbons (Fsp3) is 0.0645. The average Bonchev–Trinajstić information content (AvgIpc) is 3.89. The van der Waals surface area contributed by atoms with Gasteiger partial charge in [0.1, 0.15) is 0 Å². The van der Waals surface area contributed by atoms with Crippen molar-refractivity contribution in [3.05, 3.63) is 246 Å². The molecule has 0 aromatic heterocycles. The maximum absolute atomic E-state index is 2.53. The van der Waals surface area contributed by atoms with Gasteiger partial charge < -0.3 is 4.90 Å². The van der Waals surface area contributed by atoms with Crippen molar-refractivity contribution in [1.82, 2.24) is 0 Å². The van der Waals surface area contributed by atoms with E-state index in [9.17, 15) is 0 Å².